The normalized spacial score (nSPS) is 18.0. The molecule has 3 amide bonds. The quantitative estimate of drug-likeness (QED) is 0.674. The van der Waals surface area contributed by atoms with Crippen molar-refractivity contribution >= 4 is 29.1 Å². The number of halogens is 3. The molecule has 2 aromatic heterocycles. The Balaban J connectivity index is 0.000000318. The molecule has 0 radical (unpaired) electrons. The Bertz CT molecular complexity index is 953. The minimum absolute atomic E-state index is 0.226. The fourth-order valence-corrected chi connectivity index (χ4v) is 3.39. The van der Waals surface area contributed by atoms with Crippen molar-refractivity contribution in [2.75, 3.05) is 24.5 Å². The number of fused-ring (bicyclic) bond motifs is 1. The Labute approximate surface area is 168 Å². The Morgan fingerprint density at radius 2 is 1.87 bits per heavy atom. The highest BCUT2D eigenvalue weighted by Crippen LogP contribution is 2.28. The number of nitrogens with zero attached hydrogens (tertiary/aromatic N) is 3. The zero-order chi connectivity index (χ0) is 21.9. The number of carbonyl (C=O) groups excluding carboxylic acids is 2. The summed E-state index contributed by atoms with van der Waals surface area (Å²) in [4.78, 5) is 33.8. The summed E-state index contributed by atoms with van der Waals surface area (Å²) >= 11 is 0. The van der Waals surface area contributed by atoms with Gasteiger partial charge in [0.05, 0.1) is 17.4 Å². The maximum absolute atomic E-state index is 12.0. The van der Waals surface area contributed by atoms with Crippen LogP contribution in [0.15, 0.2) is 24.5 Å². The van der Waals surface area contributed by atoms with Gasteiger partial charge in [-0.25, -0.2) is 14.1 Å². The van der Waals surface area contributed by atoms with Crippen molar-refractivity contribution in [3.63, 3.8) is 0 Å². The number of pyridine rings is 1. The van der Waals surface area contributed by atoms with Crippen LogP contribution in [0.1, 0.15) is 30.7 Å². The average Bonchev–Trinajstić information content (AvgIpc) is 3.11. The molecule has 4 rings (SSSR count). The summed E-state index contributed by atoms with van der Waals surface area (Å²) in [5.41, 5.74) is 2.91. The molecule has 3 N–H and O–H groups in total. The molecule has 30 heavy (non-hydrogen) atoms. The topological polar surface area (TPSA) is 116 Å². The highest BCUT2D eigenvalue weighted by atomic mass is 19.4. The molecule has 162 valence electrons. The number of hydrogen-bond donors (Lipinski definition) is 3. The zero-order valence-corrected chi connectivity index (χ0v) is 15.8. The first-order valence-electron chi connectivity index (χ1n) is 9.26. The van der Waals surface area contributed by atoms with Gasteiger partial charge in [-0.1, -0.05) is 6.07 Å². The van der Waals surface area contributed by atoms with E-state index in [1.54, 1.807) is 11.1 Å². The van der Waals surface area contributed by atoms with Crippen molar-refractivity contribution in [3.8, 4) is 0 Å². The van der Waals surface area contributed by atoms with Gasteiger partial charge in [0.15, 0.2) is 0 Å². The van der Waals surface area contributed by atoms with E-state index in [-0.39, 0.29) is 11.9 Å². The number of aromatic nitrogens is 2. The van der Waals surface area contributed by atoms with Gasteiger partial charge in [-0.2, -0.15) is 18.3 Å². The minimum Gasteiger partial charge on any atom is -0.475 e. The third-order valence-corrected chi connectivity index (χ3v) is 4.92. The van der Waals surface area contributed by atoms with Gasteiger partial charge in [0.25, 0.3) is 0 Å². The highest BCUT2D eigenvalue weighted by molar-refractivity contribution is 6.07. The summed E-state index contributed by atoms with van der Waals surface area (Å²) in [6.45, 7) is 2.49. The second-order valence-corrected chi connectivity index (χ2v) is 6.90. The molecule has 12 heteroatoms. The Kier molecular flexibility index (Phi) is 6.25. The second kappa shape index (κ2) is 8.69. The standard InChI is InChI=1S/C16H19N5O2.C2HF3O2/c22-15-5-8-20(16(23)19-15)14-9-18-21-10-12(1-2-13(14)21)11-3-6-17-7-4-11;3-2(4,5)1(6)7/h1-2,9-11,17H,3-8H2,(H,19,22,23);(H,6,7). The van der Waals surface area contributed by atoms with E-state index in [0.29, 0.717) is 18.9 Å². The van der Waals surface area contributed by atoms with Crippen LogP contribution in [0, 0.1) is 0 Å². The molecule has 4 heterocycles. The number of hydrogen-bond acceptors (Lipinski definition) is 5. The van der Waals surface area contributed by atoms with E-state index >= 15 is 0 Å². The monoisotopic (exact) mass is 427 g/mol. The summed E-state index contributed by atoms with van der Waals surface area (Å²) in [7, 11) is 0. The van der Waals surface area contributed by atoms with E-state index in [9.17, 15) is 22.8 Å². The highest BCUT2D eigenvalue weighted by Gasteiger charge is 2.38. The number of urea groups is 1. The second-order valence-electron chi connectivity index (χ2n) is 6.90. The van der Waals surface area contributed by atoms with E-state index < -0.39 is 12.1 Å². The molecule has 0 atom stereocenters. The average molecular weight is 427 g/mol. The molecule has 2 aliphatic heterocycles. The molecule has 2 fully saturated rings. The molecule has 2 aromatic rings. The van der Waals surface area contributed by atoms with Crippen LogP contribution in [0.5, 0.6) is 0 Å². The molecule has 0 bridgehead atoms. The molecule has 2 saturated heterocycles. The molecule has 2 aliphatic rings. The van der Waals surface area contributed by atoms with Gasteiger partial charge in [-0.3, -0.25) is 15.0 Å². The smallest absolute Gasteiger partial charge is 0.475 e. The third-order valence-electron chi connectivity index (χ3n) is 4.92. The number of rotatable bonds is 2. The molecule has 9 nitrogen and oxygen atoms in total. The lowest BCUT2D eigenvalue weighted by molar-refractivity contribution is -0.192. The van der Waals surface area contributed by atoms with Crippen LogP contribution in [0.2, 0.25) is 0 Å². The predicted molar refractivity (Wildman–Crippen MR) is 99.2 cm³/mol. The minimum atomic E-state index is -5.08. The van der Waals surface area contributed by atoms with E-state index in [4.69, 9.17) is 9.90 Å². The summed E-state index contributed by atoms with van der Waals surface area (Å²) in [5, 5.41) is 17.2. The van der Waals surface area contributed by atoms with Crippen molar-refractivity contribution < 1.29 is 32.7 Å². The van der Waals surface area contributed by atoms with E-state index in [1.807, 2.05) is 10.6 Å². The number of imide groups is 1. The Morgan fingerprint density at radius 3 is 2.47 bits per heavy atom. The van der Waals surface area contributed by atoms with Crippen molar-refractivity contribution in [2.24, 2.45) is 0 Å². The van der Waals surface area contributed by atoms with Crippen molar-refractivity contribution in [2.45, 2.75) is 31.4 Å². The van der Waals surface area contributed by atoms with Crippen LogP contribution >= 0.6 is 0 Å². The van der Waals surface area contributed by atoms with Crippen LogP contribution in [0.25, 0.3) is 5.52 Å². The fourth-order valence-electron chi connectivity index (χ4n) is 3.39. The summed E-state index contributed by atoms with van der Waals surface area (Å²) in [5.74, 6) is -2.42. The summed E-state index contributed by atoms with van der Waals surface area (Å²) in [6.07, 6.45) is 1.25. The number of aliphatic carboxylic acids is 1. The van der Waals surface area contributed by atoms with Crippen LogP contribution in [0.4, 0.5) is 23.7 Å². The number of nitrogens with one attached hydrogen (secondary N) is 2. The maximum Gasteiger partial charge on any atom is 0.490 e. The van der Waals surface area contributed by atoms with Gasteiger partial charge < -0.3 is 10.4 Å². The predicted octanol–water partition coefficient (Wildman–Crippen LogP) is 1.88. The fraction of sp³-hybridized carbons (Fsp3) is 0.444. The summed E-state index contributed by atoms with van der Waals surface area (Å²) < 4.78 is 33.6. The molecular weight excluding hydrogens is 407 g/mol. The molecule has 0 spiro atoms. The lowest BCUT2D eigenvalue weighted by atomic mass is 9.91. The number of carbonyl (C=O) groups is 3. The van der Waals surface area contributed by atoms with Crippen LogP contribution in [0.3, 0.4) is 0 Å². The molecular formula is C18H20F3N5O4. The van der Waals surface area contributed by atoms with E-state index in [2.05, 4.69) is 28.0 Å². The zero-order valence-electron chi connectivity index (χ0n) is 15.8. The maximum atomic E-state index is 12.0. The number of amides is 3. The lowest BCUT2D eigenvalue weighted by Gasteiger charge is -2.25. The number of anilines is 1. The van der Waals surface area contributed by atoms with Gasteiger partial charge in [0, 0.05) is 19.2 Å². The molecule has 0 aromatic carbocycles. The van der Waals surface area contributed by atoms with Gasteiger partial charge in [0.1, 0.15) is 0 Å². The van der Waals surface area contributed by atoms with Gasteiger partial charge in [-0.05, 0) is 43.5 Å². The van der Waals surface area contributed by atoms with Crippen LogP contribution in [-0.2, 0) is 9.59 Å². The van der Waals surface area contributed by atoms with E-state index in [1.165, 1.54) is 5.56 Å². The van der Waals surface area contributed by atoms with Crippen molar-refractivity contribution in [3.05, 3.63) is 30.1 Å². The summed E-state index contributed by atoms with van der Waals surface area (Å²) in [6, 6.07) is 3.77. The first kappa shape index (κ1) is 21.6. The molecule has 0 unspecified atom stereocenters. The van der Waals surface area contributed by atoms with Crippen molar-refractivity contribution in [1.29, 1.82) is 0 Å². The molecule has 0 saturated carbocycles. The number of piperidine rings is 1. The third kappa shape index (κ3) is 4.87. The van der Waals surface area contributed by atoms with Gasteiger partial charge >= 0.3 is 18.2 Å². The first-order valence-corrected chi connectivity index (χ1v) is 9.26. The number of alkyl halides is 3. The number of carboxylic acid groups (broad SMARTS) is 1. The Hall–Kier alpha value is -3.15. The lowest BCUT2D eigenvalue weighted by Crippen LogP contribution is -2.49. The number of carboxylic acids is 1. The first-order chi connectivity index (χ1) is 14.2. The van der Waals surface area contributed by atoms with Gasteiger partial charge in [-0.15, -0.1) is 0 Å². The van der Waals surface area contributed by atoms with Crippen molar-refractivity contribution in [1.82, 2.24) is 20.2 Å². The van der Waals surface area contributed by atoms with Crippen LogP contribution in [-0.4, -0.2) is 58.4 Å². The largest absolute Gasteiger partial charge is 0.490 e. The van der Waals surface area contributed by atoms with E-state index in [0.717, 1.165) is 37.1 Å². The van der Waals surface area contributed by atoms with Crippen LogP contribution < -0.4 is 15.5 Å². The Morgan fingerprint density at radius 1 is 1.20 bits per heavy atom. The SMILES string of the molecule is O=C(O)C(F)(F)F.O=C1CCN(c2cnn3cc(C4CCNCC4)ccc23)C(=O)N1. The molecule has 0 aliphatic carbocycles. The van der Waals surface area contributed by atoms with Gasteiger partial charge in [0.2, 0.25) is 5.91 Å².